The molecular formula is C16H26N2O. The fourth-order valence-electron chi connectivity index (χ4n) is 2.88. The minimum atomic E-state index is 0.301. The Morgan fingerprint density at radius 3 is 2.74 bits per heavy atom. The highest BCUT2D eigenvalue weighted by molar-refractivity contribution is 5.29. The summed E-state index contributed by atoms with van der Waals surface area (Å²) in [4.78, 5) is 2.55. The summed E-state index contributed by atoms with van der Waals surface area (Å²) in [6.45, 7) is 8.06. The van der Waals surface area contributed by atoms with E-state index in [0.717, 1.165) is 5.56 Å². The summed E-state index contributed by atoms with van der Waals surface area (Å²) in [6, 6.07) is 8.46. The van der Waals surface area contributed by atoms with Gasteiger partial charge in [0.15, 0.2) is 0 Å². The summed E-state index contributed by atoms with van der Waals surface area (Å²) in [5, 5.41) is 13.2. The molecule has 1 aromatic rings. The van der Waals surface area contributed by atoms with Crippen molar-refractivity contribution in [3.8, 4) is 5.75 Å². The van der Waals surface area contributed by atoms with Crippen molar-refractivity contribution >= 4 is 0 Å². The largest absolute Gasteiger partial charge is 0.508 e. The second-order valence-corrected chi connectivity index (χ2v) is 5.60. The first kappa shape index (κ1) is 14.4. The van der Waals surface area contributed by atoms with Gasteiger partial charge < -0.3 is 15.3 Å². The smallest absolute Gasteiger partial charge is 0.115 e. The Labute approximate surface area is 116 Å². The molecule has 19 heavy (non-hydrogen) atoms. The Kier molecular flexibility index (Phi) is 5.23. The van der Waals surface area contributed by atoms with Crippen molar-refractivity contribution in [2.24, 2.45) is 0 Å². The lowest BCUT2D eigenvalue weighted by Gasteiger charge is -2.33. The van der Waals surface area contributed by atoms with E-state index in [1.165, 1.54) is 38.9 Å². The van der Waals surface area contributed by atoms with Gasteiger partial charge in [-0.25, -0.2) is 0 Å². The Morgan fingerprint density at radius 1 is 1.37 bits per heavy atom. The summed E-state index contributed by atoms with van der Waals surface area (Å²) >= 11 is 0. The van der Waals surface area contributed by atoms with Crippen LogP contribution in [0.5, 0.6) is 5.75 Å². The number of hydrogen-bond donors (Lipinski definition) is 2. The fraction of sp³-hybridized carbons (Fsp3) is 0.625. The predicted molar refractivity (Wildman–Crippen MR) is 79.4 cm³/mol. The van der Waals surface area contributed by atoms with Crippen molar-refractivity contribution in [3.05, 3.63) is 29.8 Å². The van der Waals surface area contributed by atoms with E-state index in [9.17, 15) is 5.11 Å². The molecule has 0 spiro atoms. The number of nitrogens with zero attached hydrogens (tertiary/aromatic N) is 1. The third-order valence-corrected chi connectivity index (χ3v) is 3.98. The molecule has 1 aliphatic rings. The van der Waals surface area contributed by atoms with Crippen molar-refractivity contribution in [2.75, 3.05) is 19.6 Å². The molecule has 3 heteroatoms. The Balaban J connectivity index is 1.82. The SMILES string of the molecule is CCCN1CCC(NC(C)c2cccc(O)c2)CC1. The van der Waals surface area contributed by atoms with E-state index in [2.05, 4.69) is 30.1 Å². The molecule has 106 valence electrons. The summed E-state index contributed by atoms with van der Waals surface area (Å²) < 4.78 is 0. The minimum Gasteiger partial charge on any atom is -0.508 e. The number of nitrogens with one attached hydrogen (secondary N) is 1. The van der Waals surface area contributed by atoms with Gasteiger partial charge in [-0.15, -0.1) is 0 Å². The molecule has 0 saturated carbocycles. The zero-order chi connectivity index (χ0) is 13.7. The van der Waals surface area contributed by atoms with Crippen LogP contribution in [0.2, 0.25) is 0 Å². The Morgan fingerprint density at radius 2 is 2.11 bits per heavy atom. The zero-order valence-electron chi connectivity index (χ0n) is 12.1. The van der Waals surface area contributed by atoms with E-state index in [1.54, 1.807) is 6.07 Å². The molecule has 2 N–H and O–H groups in total. The van der Waals surface area contributed by atoms with Gasteiger partial charge in [-0.1, -0.05) is 19.1 Å². The van der Waals surface area contributed by atoms with Crippen molar-refractivity contribution in [1.82, 2.24) is 10.2 Å². The molecule has 0 aromatic heterocycles. The van der Waals surface area contributed by atoms with Gasteiger partial charge in [0.25, 0.3) is 0 Å². The third-order valence-electron chi connectivity index (χ3n) is 3.98. The van der Waals surface area contributed by atoms with E-state index < -0.39 is 0 Å². The number of rotatable bonds is 5. The first-order chi connectivity index (χ1) is 9.19. The predicted octanol–water partition coefficient (Wildman–Crippen LogP) is 2.92. The van der Waals surface area contributed by atoms with Crippen molar-refractivity contribution in [1.29, 1.82) is 0 Å². The van der Waals surface area contributed by atoms with Crippen LogP contribution >= 0.6 is 0 Å². The topological polar surface area (TPSA) is 35.5 Å². The first-order valence-corrected chi connectivity index (χ1v) is 7.46. The van der Waals surface area contributed by atoms with Gasteiger partial charge in [0.2, 0.25) is 0 Å². The quantitative estimate of drug-likeness (QED) is 0.856. The highest BCUT2D eigenvalue weighted by atomic mass is 16.3. The molecule has 1 aromatic carbocycles. The fourth-order valence-corrected chi connectivity index (χ4v) is 2.88. The van der Waals surface area contributed by atoms with Crippen LogP contribution in [0.15, 0.2) is 24.3 Å². The molecule has 0 bridgehead atoms. The maximum absolute atomic E-state index is 9.53. The number of phenolic OH excluding ortho intramolecular Hbond substituents is 1. The standard InChI is InChI=1S/C16H26N2O/c1-3-9-18-10-7-15(8-11-18)17-13(2)14-5-4-6-16(19)12-14/h4-6,12-13,15,17,19H,3,7-11H2,1-2H3. The van der Waals surface area contributed by atoms with Crippen LogP contribution < -0.4 is 5.32 Å². The van der Waals surface area contributed by atoms with Crippen LogP contribution in [-0.4, -0.2) is 35.7 Å². The normalized spacial score (nSPS) is 19.5. The average Bonchev–Trinajstić information content (AvgIpc) is 2.41. The summed E-state index contributed by atoms with van der Waals surface area (Å²) in [5.41, 5.74) is 1.16. The summed E-state index contributed by atoms with van der Waals surface area (Å²) in [7, 11) is 0. The van der Waals surface area contributed by atoms with Gasteiger partial charge in [0.05, 0.1) is 0 Å². The number of likely N-dealkylation sites (tertiary alicyclic amines) is 1. The van der Waals surface area contributed by atoms with Crippen LogP contribution in [0, 0.1) is 0 Å². The molecule has 1 fully saturated rings. The number of aromatic hydroxyl groups is 1. The van der Waals surface area contributed by atoms with Crippen LogP contribution in [0.4, 0.5) is 0 Å². The molecule has 1 atom stereocenters. The molecule has 0 radical (unpaired) electrons. The maximum atomic E-state index is 9.53. The van der Waals surface area contributed by atoms with Gasteiger partial charge in [-0.3, -0.25) is 0 Å². The lowest BCUT2D eigenvalue weighted by molar-refractivity contribution is 0.192. The number of benzene rings is 1. The van der Waals surface area contributed by atoms with Gasteiger partial charge in [0, 0.05) is 12.1 Å². The van der Waals surface area contributed by atoms with Gasteiger partial charge in [-0.2, -0.15) is 0 Å². The van der Waals surface area contributed by atoms with Crippen LogP contribution in [0.3, 0.4) is 0 Å². The number of hydrogen-bond acceptors (Lipinski definition) is 3. The Hall–Kier alpha value is -1.06. The minimum absolute atomic E-state index is 0.301. The van der Waals surface area contributed by atoms with Crippen molar-refractivity contribution in [2.45, 2.75) is 45.2 Å². The average molecular weight is 262 g/mol. The molecule has 1 saturated heterocycles. The lowest BCUT2D eigenvalue weighted by atomic mass is 10.0. The van der Waals surface area contributed by atoms with Gasteiger partial charge >= 0.3 is 0 Å². The van der Waals surface area contributed by atoms with Crippen LogP contribution in [-0.2, 0) is 0 Å². The molecule has 0 amide bonds. The molecule has 1 unspecified atom stereocenters. The van der Waals surface area contributed by atoms with E-state index >= 15 is 0 Å². The summed E-state index contributed by atoms with van der Waals surface area (Å²) in [6.07, 6.45) is 3.70. The van der Waals surface area contributed by atoms with E-state index in [4.69, 9.17) is 0 Å². The second-order valence-electron chi connectivity index (χ2n) is 5.60. The molecule has 2 rings (SSSR count). The van der Waals surface area contributed by atoms with E-state index in [0.29, 0.717) is 17.8 Å². The van der Waals surface area contributed by atoms with Gasteiger partial charge in [-0.05, 0) is 63.5 Å². The molecule has 3 nitrogen and oxygen atoms in total. The Bertz CT molecular complexity index is 386. The van der Waals surface area contributed by atoms with Crippen LogP contribution in [0.1, 0.15) is 44.7 Å². The third kappa shape index (κ3) is 4.22. The monoisotopic (exact) mass is 262 g/mol. The molecule has 1 aliphatic heterocycles. The van der Waals surface area contributed by atoms with Crippen molar-refractivity contribution in [3.63, 3.8) is 0 Å². The van der Waals surface area contributed by atoms with Crippen LogP contribution in [0.25, 0.3) is 0 Å². The molecule has 0 aliphatic carbocycles. The second kappa shape index (κ2) is 6.92. The number of phenols is 1. The first-order valence-electron chi connectivity index (χ1n) is 7.46. The molecular weight excluding hydrogens is 236 g/mol. The van der Waals surface area contributed by atoms with Gasteiger partial charge in [0.1, 0.15) is 5.75 Å². The van der Waals surface area contributed by atoms with Crippen molar-refractivity contribution < 1.29 is 5.11 Å². The highest BCUT2D eigenvalue weighted by Gasteiger charge is 2.20. The number of piperidine rings is 1. The summed E-state index contributed by atoms with van der Waals surface area (Å²) in [5.74, 6) is 0.351. The maximum Gasteiger partial charge on any atom is 0.115 e. The molecule has 1 heterocycles. The lowest BCUT2D eigenvalue weighted by Crippen LogP contribution is -2.43. The van der Waals surface area contributed by atoms with E-state index in [1.807, 2.05) is 12.1 Å². The zero-order valence-corrected chi connectivity index (χ0v) is 12.1. The highest BCUT2D eigenvalue weighted by Crippen LogP contribution is 2.20. The van der Waals surface area contributed by atoms with E-state index in [-0.39, 0.29) is 0 Å².